The van der Waals surface area contributed by atoms with Crippen LogP contribution in [0.25, 0.3) is 0 Å². The molecule has 2 aromatic rings. The SMILES string of the molecule is O=C(c1ccc(Cl)s1)N(CCCl)Cc1ccccc1. The molecule has 0 radical (unpaired) electrons. The first-order chi connectivity index (χ1) is 9.20. The number of benzene rings is 1. The van der Waals surface area contributed by atoms with E-state index in [1.165, 1.54) is 11.3 Å². The largest absolute Gasteiger partial charge is 0.332 e. The molecule has 1 aromatic heterocycles. The van der Waals surface area contributed by atoms with Gasteiger partial charge in [0.2, 0.25) is 0 Å². The smallest absolute Gasteiger partial charge is 0.264 e. The van der Waals surface area contributed by atoms with Crippen LogP contribution in [0.5, 0.6) is 0 Å². The zero-order valence-electron chi connectivity index (χ0n) is 10.2. The molecular weight excluding hydrogens is 301 g/mol. The summed E-state index contributed by atoms with van der Waals surface area (Å²) >= 11 is 12.9. The van der Waals surface area contributed by atoms with Crippen LogP contribution in [0.15, 0.2) is 42.5 Å². The van der Waals surface area contributed by atoms with Crippen molar-refractivity contribution in [3.8, 4) is 0 Å². The highest BCUT2D eigenvalue weighted by Crippen LogP contribution is 2.23. The number of hydrogen-bond donors (Lipinski definition) is 0. The first kappa shape index (κ1) is 14.4. The predicted octanol–water partition coefficient (Wildman–Crippen LogP) is 4.28. The molecule has 0 aliphatic rings. The Morgan fingerprint density at radius 2 is 1.89 bits per heavy atom. The number of halogens is 2. The first-order valence-electron chi connectivity index (χ1n) is 5.85. The van der Waals surface area contributed by atoms with Crippen molar-refractivity contribution in [2.45, 2.75) is 6.54 Å². The molecule has 0 spiro atoms. The van der Waals surface area contributed by atoms with Gasteiger partial charge in [-0.25, -0.2) is 0 Å². The second-order valence-corrected chi connectivity index (χ2v) is 6.10. The molecule has 0 N–H and O–H groups in total. The summed E-state index contributed by atoms with van der Waals surface area (Å²) in [5, 5.41) is 0. The molecule has 2 rings (SSSR count). The van der Waals surface area contributed by atoms with Crippen LogP contribution in [0, 0.1) is 0 Å². The molecule has 0 saturated heterocycles. The minimum Gasteiger partial charge on any atom is -0.332 e. The summed E-state index contributed by atoms with van der Waals surface area (Å²) in [6.45, 7) is 1.08. The third kappa shape index (κ3) is 3.96. The van der Waals surface area contributed by atoms with E-state index in [2.05, 4.69) is 0 Å². The van der Waals surface area contributed by atoms with Gasteiger partial charge in [0.25, 0.3) is 5.91 Å². The van der Waals surface area contributed by atoms with Crippen LogP contribution in [-0.4, -0.2) is 23.2 Å². The van der Waals surface area contributed by atoms with Crippen LogP contribution in [0.4, 0.5) is 0 Å². The fourth-order valence-corrected chi connectivity index (χ4v) is 2.96. The summed E-state index contributed by atoms with van der Waals surface area (Å²) in [6, 6.07) is 13.4. The summed E-state index contributed by atoms with van der Waals surface area (Å²) < 4.78 is 0.619. The number of hydrogen-bond acceptors (Lipinski definition) is 2. The van der Waals surface area contributed by atoms with E-state index in [1.54, 1.807) is 17.0 Å². The number of thiophene rings is 1. The predicted molar refractivity (Wildman–Crippen MR) is 81.2 cm³/mol. The van der Waals surface area contributed by atoms with Gasteiger partial charge in [0, 0.05) is 19.0 Å². The van der Waals surface area contributed by atoms with E-state index in [1.807, 2.05) is 30.3 Å². The second kappa shape index (κ2) is 6.94. The maximum Gasteiger partial charge on any atom is 0.264 e. The molecule has 0 bridgehead atoms. The maximum absolute atomic E-state index is 12.4. The molecule has 2 nitrogen and oxygen atoms in total. The van der Waals surface area contributed by atoms with E-state index in [4.69, 9.17) is 23.2 Å². The summed E-state index contributed by atoms with van der Waals surface area (Å²) in [5.74, 6) is 0.388. The Balaban J connectivity index is 2.13. The number of alkyl halides is 1. The lowest BCUT2D eigenvalue weighted by molar-refractivity contribution is 0.0758. The molecular formula is C14H13Cl2NOS. The molecule has 5 heteroatoms. The van der Waals surface area contributed by atoms with E-state index < -0.39 is 0 Å². The number of rotatable bonds is 5. The van der Waals surface area contributed by atoms with Gasteiger partial charge in [-0.15, -0.1) is 22.9 Å². The number of amides is 1. The van der Waals surface area contributed by atoms with E-state index in [0.717, 1.165) is 5.56 Å². The Bertz CT molecular complexity index is 541. The summed E-state index contributed by atoms with van der Waals surface area (Å²) in [6.07, 6.45) is 0. The van der Waals surface area contributed by atoms with Crippen LogP contribution in [0.1, 0.15) is 15.2 Å². The average Bonchev–Trinajstić information content (AvgIpc) is 2.85. The van der Waals surface area contributed by atoms with Gasteiger partial charge in [0.1, 0.15) is 0 Å². The molecule has 0 atom stereocenters. The van der Waals surface area contributed by atoms with E-state index in [-0.39, 0.29) is 5.91 Å². The van der Waals surface area contributed by atoms with Crippen LogP contribution < -0.4 is 0 Å². The average molecular weight is 314 g/mol. The highest BCUT2D eigenvalue weighted by molar-refractivity contribution is 7.17. The van der Waals surface area contributed by atoms with Gasteiger partial charge in [-0.2, -0.15) is 0 Å². The lowest BCUT2D eigenvalue weighted by atomic mass is 10.2. The van der Waals surface area contributed by atoms with Gasteiger partial charge < -0.3 is 4.90 Å². The van der Waals surface area contributed by atoms with Gasteiger partial charge in [-0.1, -0.05) is 41.9 Å². The number of carbonyl (C=O) groups excluding carboxylic acids is 1. The van der Waals surface area contributed by atoms with E-state index >= 15 is 0 Å². The first-order valence-corrected chi connectivity index (χ1v) is 7.58. The lowest BCUT2D eigenvalue weighted by Gasteiger charge is -2.21. The normalized spacial score (nSPS) is 10.4. The zero-order chi connectivity index (χ0) is 13.7. The van der Waals surface area contributed by atoms with Gasteiger partial charge in [0.15, 0.2) is 0 Å². The molecule has 1 amide bonds. The Labute approximate surface area is 126 Å². The Kier molecular flexibility index (Phi) is 5.25. The van der Waals surface area contributed by atoms with Crippen LogP contribution in [-0.2, 0) is 6.54 Å². The van der Waals surface area contributed by atoms with Crippen molar-refractivity contribution in [1.29, 1.82) is 0 Å². The van der Waals surface area contributed by atoms with Gasteiger partial charge >= 0.3 is 0 Å². The summed E-state index contributed by atoms with van der Waals surface area (Å²) in [5.41, 5.74) is 1.09. The highest BCUT2D eigenvalue weighted by atomic mass is 35.5. The van der Waals surface area contributed by atoms with Crippen molar-refractivity contribution in [2.24, 2.45) is 0 Å². The van der Waals surface area contributed by atoms with Gasteiger partial charge in [-0.3, -0.25) is 4.79 Å². The third-order valence-corrected chi connectivity index (χ3v) is 4.03. The van der Waals surface area contributed by atoms with Crippen molar-refractivity contribution in [1.82, 2.24) is 4.90 Å². The number of nitrogens with zero attached hydrogens (tertiary/aromatic N) is 1. The van der Waals surface area contributed by atoms with Crippen LogP contribution in [0.3, 0.4) is 0 Å². The minimum atomic E-state index is -0.0265. The fraction of sp³-hybridized carbons (Fsp3) is 0.214. The molecule has 19 heavy (non-hydrogen) atoms. The van der Waals surface area contributed by atoms with Gasteiger partial charge in [0.05, 0.1) is 9.21 Å². The molecule has 0 aliphatic heterocycles. The zero-order valence-corrected chi connectivity index (χ0v) is 12.5. The Hall–Kier alpha value is -1.03. The van der Waals surface area contributed by atoms with E-state index in [9.17, 15) is 4.79 Å². The topological polar surface area (TPSA) is 20.3 Å². The van der Waals surface area contributed by atoms with E-state index in [0.29, 0.717) is 28.2 Å². The van der Waals surface area contributed by atoms with Crippen molar-refractivity contribution >= 4 is 40.4 Å². The lowest BCUT2D eigenvalue weighted by Crippen LogP contribution is -2.31. The van der Waals surface area contributed by atoms with Crippen LogP contribution in [0.2, 0.25) is 4.34 Å². The molecule has 0 saturated carbocycles. The maximum atomic E-state index is 12.4. The molecule has 0 aliphatic carbocycles. The molecule has 100 valence electrons. The quantitative estimate of drug-likeness (QED) is 0.754. The Morgan fingerprint density at radius 1 is 1.16 bits per heavy atom. The Morgan fingerprint density at radius 3 is 2.47 bits per heavy atom. The molecule has 1 heterocycles. The highest BCUT2D eigenvalue weighted by Gasteiger charge is 2.17. The molecule has 1 aromatic carbocycles. The fourth-order valence-electron chi connectivity index (χ4n) is 1.74. The summed E-state index contributed by atoms with van der Waals surface area (Å²) in [4.78, 5) is 14.8. The van der Waals surface area contributed by atoms with Crippen molar-refractivity contribution < 1.29 is 4.79 Å². The third-order valence-electron chi connectivity index (χ3n) is 2.64. The van der Waals surface area contributed by atoms with Crippen molar-refractivity contribution in [3.05, 3.63) is 57.2 Å². The van der Waals surface area contributed by atoms with Crippen molar-refractivity contribution in [2.75, 3.05) is 12.4 Å². The van der Waals surface area contributed by atoms with Crippen LogP contribution >= 0.6 is 34.5 Å². The van der Waals surface area contributed by atoms with Crippen molar-refractivity contribution in [3.63, 3.8) is 0 Å². The monoisotopic (exact) mass is 313 g/mol. The standard InChI is InChI=1S/C14H13Cl2NOS/c15-8-9-17(10-11-4-2-1-3-5-11)14(18)12-6-7-13(16)19-12/h1-7H,8-10H2. The summed E-state index contributed by atoms with van der Waals surface area (Å²) in [7, 11) is 0. The number of carbonyl (C=O) groups is 1. The second-order valence-electron chi connectivity index (χ2n) is 4.01. The molecule has 0 fully saturated rings. The minimum absolute atomic E-state index is 0.0265. The molecule has 0 unspecified atom stereocenters. The van der Waals surface area contributed by atoms with Gasteiger partial charge in [-0.05, 0) is 17.7 Å².